The molecule has 0 bridgehead atoms. The van der Waals surface area contributed by atoms with Gasteiger partial charge in [-0.05, 0) is 77.9 Å². The number of fused-ring (bicyclic) bond motifs is 3. The molecule has 4 heteroatoms. The summed E-state index contributed by atoms with van der Waals surface area (Å²) in [5, 5.41) is 7.71. The molecule has 0 fully saturated rings. The van der Waals surface area contributed by atoms with Gasteiger partial charge in [0.1, 0.15) is 11.2 Å². The molecule has 0 aliphatic heterocycles. The lowest BCUT2D eigenvalue weighted by Gasteiger charge is -2.08. The Hall–Kier alpha value is -4.64. The third-order valence-electron chi connectivity index (χ3n) is 8.36. The van der Waals surface area contributed by atoms with E-state index in [9.17, 15) is 0 Å². The molecule has 40 heavy (non-hydrogen) atoms. The maximum atomic E-state index is 6.76. The fraction of sp³-hybridized carbons (Fsp3) is 0. The van der Waals surface area contributed by atoms with Crippen molar-refractivity contribution in [1.29, 1.82) is 0 Å². The van der Waals surface area contributed by atoms with Crippen LogP contribution >= 0.6 is 22.7 Å². The van der Waals surface area contributed by atoms with Gasteiger partial charge in [-0.25, -0.2) is 0 Å². The first-order valence-corrected chi connectivity index (χ1v) is 15.1. The Morgan fingerprint density at radius 1 is 0.450 bits per heavy atom. The van der Waals surface area contributed by atoms with E-state index in [4.69, 9.17) is 4.42 Å². The third kappa shape index (κ3) is 2.67. The van der Waals surface area contributed by atoms with Crippen LogP contribution in [-0.2, 0) is 0 Å². The number of thiophene rings is 2. The van der Waals surface area contributed by atoms with Crippen molar-refractivity contribution >= 4 is 96.0 Å². The van der Waals surface area contributed by atoms with Crippen molar-refractivity contribution in [2.24, 2.45) is 0 Å². The Labute approximate surface area is 236 Å². The topological polar surface area (TPSA) is 18.1 Å². The molecular weight excluding hydrogens is 527 g/mol. The van der Waals surface area contributed by atoms with Gasteiger partial charge in [-0.2, -0.15) is 0 Å². The van der Waals surface area contributed by atoms with Gasteiger partial charge in [-0.1, -0.05) is 48.5 Å². The fourth-order valence-electron chi connectivity index (χ4n) is 6.69. The Kier molecular flexibility index (Phi) is 3.98. The zero-order valence-corrected chi connectivity index (χ0v) is 22.8. The molecule has 4 aromatic heterocycles. The van der Waals surface area contributed by atoms with Crippen molar-refractivity contribution in [1.82, 2.24) is 4.57 Å². The number of hydrogen-bond acceptors (Lipinski definition) is 3. The van der Waals surface area contributed by atoms with E-state index in [1.165, 1.54) is 79.0 Å². The summed E-state index contributed by atoms with van der Waals surface area (Å²) in [5.41, 5.74) is 7.90. The van der Waals surface area contributed by atoms with Gasteiger partial charge in [0.25, 0.3) is 0 Å². The van der Waals surface area contributed by atoms with Crippen LogP contribution in [-0.4, -0.2) is 4.57 Å². The Bertz CT molecular complexity index is 2590. The monoisotopic (exact) mass is 545 g/mol. The van der Waals surface area contributed by atoms with Gasteiger partial charge in [-0.15, -0.1) is 22.7 Å². The summed E-state index contributed by atoms with van der Waals surface area (Å²) in [6.45, 7) is 0. The normalized spacial score (nSPS) is 12.5. The van der Waals surface area contributed by atoms with Crippen molar-refractivity contribution in [3.8, 4) is 16.8 Å². The van der Waals surface area contributed by atoms with E-state index in [1.807, 2.05) is 22.7 Å². The van der Waals surface area contributed by atoms with Crippen LogP contribution in [0.15, 0.2) is 120 Å². The maximum absolute atomic E-state index is 6.76. The Balaban J connectivity index is 1.29. The van der Waals surface area contributed by atoms with Crippen molar-refractivity contribution in [3.63, 3.8) is 0 Å². The van der Waals surface area contributed by atoms with Gasteiger partial charge in [0.15, 0.2) is 0 Å². The molecule has 10 aromatic rings. The number of aromatic nitrogens is 1. The minimum absolute atomic E-state index is 0.951. The van der Waals surface area contributed by atoms with Crippen molar-refractivity contribution in [2.45, 2.75) is 0 Å². The lowest BCUT2D eigenvalue weighted by atomic mass is 10.00. The molecule has 0 N–H and O–H groups in total. The predicted molar refractivity (Wildman–Crippen MR) is 173 cm³/mol. The van der Waals surface area contributed by atoms with Gasteiger partial charge in [-0.3, -0.25) is 0 Å². The van der Waals surface area contributed by atoms with Crippen LogP contribution in [0.3, 0.4) is 0 Å². The smallest absolute Gasteiger partial charge is 0.137 e. The molecule has 0 radical (unpaired) electrons. The summed E-state index contributed by atoms with van der Waals surface area (Å²) < 4.78 is 14.3. The van der Waals surface area contributed by atoms with Gasteiger partial charge in [0.2, 0.25) is 0 Å². The van der Waals surface area contributed by atoms with Crippen LogP contribution in [0.25, 0.3) is 90.1 Å². The highest BCUT2D eigenvalue weighted by atomic mass is 32.1. The number of rotatable bonds is 2. The lowest BCUT2D eigenvalue weighted by molar-refractivity contribution is 0.664. The van der Waals surface area contributed by atoms with Crippen LogP contribution in [0.2, 0.25) is 0 Å². The number of para-hydroxylation sites is 2. The average molecular weight is 546 g/mol. The molecule has 0 aliphatic rings. The molecule has 10 rings (SSSR count). The predicted octanol–water partition coefficient (Wildman–Crippen LogP) is 11.4. The Morgan fingerprint density at radius 3 is 2.05 bits per heavy atom. The van der Waals surface area contributed by atoms with Crippen LogP contribution in [0.1, 0.15) is 0 Å². The van der Waals surface area contributed by atoms with Crippen molar-refractivity contribution < 1.29 is 4.42 Å². The molecule has 0 unspecified atom stereocenters. The summed E-state index contributed by atoms with van der Waals surface area (Å²) in [6.07, 6.45) is 0. The van der Waals surface area contributed by atoms with E-state index >= 15 is 0 Å². The molecule has 0 atom stereocenters. The van der Waals surface area contributed by atoms with Gasteiger partial charge < -0.3 is 8.98 Å². The number of nitrogens with zero attached hydrogens (tertiary/aromatic N) is 1. The Morgan fingerprint density at radius 2 is 1.18 bits per heavy atom. The lowest BCUT2D eigenvalue weighted by Crippen LogP contribution is -1.92. The fourth-order valence-corrected chi connectivity index (χ4v) is 8.99. The molecule has 186 valence electrons. The number of benzene rings is 6. The SMILES string of the molecule is c1ccc(-n2c3ccccc3c3cc(-c4cc5oc6cccc7sc8ccc9sc(c4)c5c9c8c67)ccc32)cc1. The molecular formula is C36H19NOS2. The molecule has 0 saturated heterocycles. The summed E-state index contributed by atoms with van der Waals surface area (Å²) >= 11 is 3.73. The molecule has 0 aliphatic carbocycles. The second kappa shape index (κ2) is 7.51. The maximum Gasteiger partial charge on any atom is 0.137 e. The van der Waals surface area contributed by atoms with E-state index in [0.29, 0.717) is 0 Å². The van der Waals surface area contributed by atoms with E-state index < -0.39 is 0 Å². The van der Waals surface area contributed by atoms with E-state index in [-0.39, 0.29) is 0 Å². The molecule has 0 saturated carbocycles. The van der Waals surface area contributed by atoms with E-state index in [0.717, 1.165) is 11.2 Å². The summed E-state index contributed by atoms with van der Waals surface area (Å²) in [4.78, 5) is 0. The first-order chi connectivity index (χ1) is 19.8. The largest absolute Gasteiger partial charge is 0.456 e. The van der Waals surface area contributed by atoms with Gasteiger partial charge in [0.05, 0.1) is 11.0 Å². The van der Waals surface area contributed by atoms with Crippen LogP contribution in [0.4, 0.5) is 0 Å². The summed E-state index contributed by atoms with van der Waals surface area (Å²) in [7, 11) is 0. The number of hydrogen-bond donors (Lipinski definition) is 0. The molecule has 0 amide bonds. The molecule has 6 aromatic carbocycles. The van der Waals surface area contributed by atoms with Crippen molar-refractivity contribution in [2.75, 3.05) is 0 Å². The summed E-state index contributed by atoms with van der Waals surface area (Å²) in [6, 6.07) is 41.8. The molecule has 2 nitrogen and oxygen atoms in total. The first-order valence-electron chi connectivity index (χ1n) is 13.4. The quantitative estimate of drug-likeness (QED) is 0.211. The van der Waals surface area contributed by atoms with Crippen molar-refractivity contribution in [3.05, 3.63) is 115 Å². The zero-order chi connectivity index (χ0) is 25.9. The zero-order valence-electron chi connectivity index (χ0n) is 21.1. The standard InChI is InChI=1S/C36H19NOS2/c1-2-7-22(8-3-1)37-25-10-5-4-9-23(25)24-17-20(13-14-26(24)37)21-18-28-34-32(19-21)40-31-16-15-30-35(36(31)34)33-27(38-28)11-6-12-29(33)39-30/h1-19H. The minimum atomic E-state index is 0.951. The highest BCUT2D eigenvalue weighted by molar-refractivity contribution is 7.28. The molecule has 0 spiro atoms. The average Bonchev–Trinajstić information content (AvgIpc) is 3.63. The van der Waals surface area contributed by atoms with E-state index in [1.54, 1.807) is 0 Å². The highest BCUT2D eigenvalue weighted by Gasteiger charge is 2.20. The van der Waals surface area contributed by atoms with E-state index in [2.05, 4.69) is 120 Å². The van der Waals surface area contributed by atoms with Crippen LogP contribution in [0.5, 0.6) is 0 Å². The van der Waals surface area contributed by atoms with Crippen LogP contribution in [0, 0.1) is 0 Å². The molecule has 4 heterocycles. The third-order valence-corrected chi connectivity index (χ3v) is 10.6. The summed E-state index contributed by atoms with van der Waals surface area (Å²) in [5.74, 6) is 0. The van der Waals surface area contributed by atoms with Gasteiger partial charge in [0, 0.05) is 56.8 Å². The minimum Gasteiger partial charge on any atom is -0.456 e. The second-order valence-electron chi connectivity index (χ2n) is 10.5. The van der Waals surface area contributed by atoms with Gasteiger partial charge >= 0.3 is 0 Å². The first kappa shape index (κ1) is 21.2. The van der Waals surface area contributed by atoms with Crippen LogP contribution < -0.4 is 0 Å². The second-order valence-corrected chi connectivity index (χ2v) is 12.7. The highest BCUT2D eigenvalue weighted by Crippen LogP contribution is 2.49.